The molecule has 11 heteroatoms. The maximum Gasteiger partial charge on any atom is 0.335 e. The molecule has 0 fully saturated rings. The van der Waals surface area contributed by atoms with E-state index in [-0.39, 0.29) is 5.69 Å². The monoisotopic (exact) mass is 456 g/mol. The standard InChI is InChI=1S/C23H24N10O/c1-3-7-17-14-33(22-28-25-15-31(22)4-2)23(34)32(17)13-16-12-24-11-10-18(16)19-8-5-6-9-20(19)21-26-29-30-27-21/h5-6,8-12,14-15H,3-4,7,13H2,1-2H3,(H,26,27,29,30). The highest BCUT2D eigenvalue weighted by atomic mass is 16.2. The van der Waals surface area contributed by atoms with Crippen molar-refractivity contribution in [1.82, 2.24) is 49.5 Å². The number of tetrazole rings is 1. The zero-order chi connectivity index (χ0) is 23.5. The van der Waals surface area contributed by atoms with E-state index in [1.54, 1.807) is 27.9 Å². The molecule has 0 spiro atoms. The molecule has 0 atom stereocenters. The molecule has 34 heavy (non-hydrogen) atoms. The predicted octanol–water partition coefficient (Wildman–Crippen LogP) is 2.49. The number of aromatic amines is 1. The van der Waals surface area contributed by atoms with Gasteiger partial charge in [0.2, 0.25) is 5.95 Å². The molecule has 172 valence electrons. The highest BCUT2D eigenvalue weighted by Gasteiger charge is 2.19. The van der Waals surface area contributed by atoms with Crippen LogP contribution in [-0.4, -0.2) is 49.5 Å². The second-order valence-electron chi connectivity index (χ2n) is 7.85. The Kier molecular flexibility index (Phi) is 5.81. The molecular weight excluding hydrogens is 432 g/mol. The summed E-state index contributed by atoms with van der Waals surface area (Å²) in [6, 6.07) is 9.84. The van der Waals surface area contributed by atoms with Crippen LogP contribution in [0, 0.1) is 0 Å². The number of rotatable bonds is 8. The van der Waals surface area contributed by atoms with Gasteiger partial charge in [0.1, 0.15) is 6.33 Å². The van der Waals surface area contributed by atoms with Crippen molar-refractivity contribution in [3.8, 4) is 28.5 Å². The highest BCUT2D eigenvalue weighted by Crippen LogP contribution is 2.32. The van der Waals surface area contributed by atoms with Gasteiger partial charge in [-0.3, -0.25) is 14.1 Å². The first-order chi connectivity index (χ1) is 16.7. The zero-order valence-electron chi connectivity index (χ0n) is 19.0. The Hall–Kier alpha value is -4.41. The van der Waals surface area contributed by atoms with Gasteiger partial charge in [-0.15, -0.1) is 15.3 Å². The summed E-state index contributed by atoms with van der Waals surface area (Å²) >= 11 is 0. The van der Waals surface area contributed by atoms with Gasteiger partial charge in [0.15, 0.2) is 5.82 Å². The number of H-pyrrole nitrogens is 1. The van der Waals surface area contributed by atoms with E-state index in [1.165, 1.54) is 0 Å². The van der Waals surface area contributed by atoms with E-state index in [2.05, 4.69) is 42.7 Å². The molecule has 1 N–H and O–H groups in total. The Labute approximate surface area is 195 Å². The zero-order valence-corrected chi connectivity index (χ0v) is 19.0. The van der Waals surface area contributed by atoms with Crippen LogP contribution in [0.3, 0.4) is 0 Å². The number of aromatic nitrogens is 10. The van der Waals surface area contributed by atoms with Gasteiger partial charge in [0, 0.05) is 36.4 Å². The second-order valence-corrected chi connectivity index (χ2v) is 7.85. The van der Waals surface area contributed by atoms with Gasteiger partial charge >= 0.3 is 5.69 Å². The predicted molar refractivity (Wildman–Crippen MR) is 125 cm³/mol. The van der Waals surface area contributed by atoms with Gasteiger partial charge in [-0.05, 0) is 46.5 Å². The largest absolute Gasteiger partial charge is 0.335 e. The van der Waals surface area contributed by atoms with Gasteiger partial charge in [0.25, 0.3) is 0 Å². The Morgan fingerprint density at radius 3 is 2.65 bits per heavy atom. The summed E-state index contributed by atoms with van der Waals surface area (Å²) in [6.07, 6.45) is 8.72. The lowest BCUT2D eigenvalue weighted by Crippen LogP contribution is -2.26. The molecular formula is C23H24N10O. The topological polar surface area (TPSA) is 125 Å². The quantitative estimate of drug-likeness (QED) is 0.380. The minimum atomic E-state index is -0.159. The van der Waals surface area contributed by atoms with Crippen molar-refractivity contribution in [2.45, 2.75) is 39.8 Å². The van der Waals surface area contributed by atoms with Gasteiger partial charge in [0.05, 0.1) is 6.54 Å². The SMILES string of the molecule is CCCc1cn(-c2nncn2CC)c(=O)n1Cc1cnccc1-c1ccccc1-c1nnn[nH]1. The summed E-state index contributed by atoms with van der Waals surface area (Å²) in [5, 5.41) is 22.5. The van der Waals surface area contributed by atoms with E-state index in [9.17, 15) is 4.79 Å². The van der Waals surface area contributed by atoms with Crippen LogP contribution >= 0.6 is 0 Å². The third-order valence-electron chi connectivity index (χ3n) is 5.77. The summed E-state index contributed by atoms with van der Waals surface area (Å²) in [7, 11) is 0. The van der Waals surface area contributed by atoms with Gasteiger partial charge < -0.3 is 0 Å². The van der Waals surface area contributed by atoms with Crippen molar-refractivity contribution in [3.63, 3.8) is 0 Å². The fourth-order valence-electron chi connectivity index (χ4n) is 4.14. The fourth-order valence-corrected chi connectivity index (χ4v) is 4.14. The molecule has 0 saturated heterocycles. The maximum atomic E-state index is 13.5. The molecule has 0 radical (unpaired) electrons. The molecule has 4 aromatic heterocycles. The van der Waals surface area contributed by atoms with Crippen molar-refractivity contribution in [2.75, 3.05) is 0 Å². The van der Waals surface area contributed by atoms with Crippen molar-refractivity contribution in [1.29, 1.82) is 0 Å². The minimum absolute atomic E-state index is 0.159. The molecule has 11 nitrogen and oxygen atoms in total. The van der Waals surface area contributed by atoms with Crippen LogP contribution in [0.15, 0.2) is 60.0 Å². The Morgan fingerprint density at radius 2 is 1.88 bits per heavy atom. The van der Waals surface area contributed by atoms with E-state index in [0.29, 0.717) is 24.9 Å². The summed E-state index contributed by atoms with van der Waals surface area (Å²) in [4.78, 5) is 17.9. The van der Waals surface area contributed by atoms with Crippen LogP contribution in [0.4, 0.5) is 0 Å². The Morgan fingerprint density at radius 1 is 1.03 bits per heavy atom. The van der Waals surface area contributed by atoms with Crippen LogP contribution in [0.25, 0.3) is 28.5 Å². The number of pyridine rings is 1. The minimum Gasteiger partial charge on any atom is -0.299 e. The molecule has 5 aromatic rings. The van der Waals surface area contributed by atoms with E-state index in [4.69, 9.17) is 0 Å². The van der Waals surface area contributed by atoms with Gasteiger partial charge in [-0.1, -0.05) is 37.6 Å². The Balaban J connectivity index is 1.61. The molecule has 0 amide bonds. The second kappa shape index (κ2) is 9.22. The highest BCUT2D eigenvalue weighted by molar-refractivity contribution is 5.81. The summed E-state index contributed by atoms with van der Waals surface area (Å²) < 4.78 is 5.21. The fraction of sp³-hybridized carbons (Fsp3) is 0.261. The smallest absolute Gasteiger partial charge is 0.299 e. The number of nitrogens with zero attached hydrogens (tertiary/aromatic N) is 9. The average Bonchev–Trinajstić information content (AvgIpc) is 3.62. The van der Waals surface area contributed by atoms with Crippen molar-refractivity contribution in [2.24, 2.45) is 0 Å². The van der Waals surface area contributed by atoms with Crippen molar-refractivity contribution < 1.29 is 0 Å². The molecule has 0 aliphatic carbocycles. The van der Waals surface area contributed by atoms with Gasteiger partial charge in [-0.2, -0.15) is 0 Å². The summed E-state index contributed by atoms with van der Waals surface area (Å²) in [6.45, 7) is 5.12. The van der Waals surface area contributed by atoms with Crippen LogP contribution in [-0.2, 0) is 19.5 Å². The van der Waals surface area contributed by atoms with Crippen LogP contribution < -0.4 is 5.69 Å². The molecule has 0 aliphatic rings. The molecule has 0 aliphatic heterocycles. The number of hydrogen-bond acceptors (Lipinski definition) is 7. The summed E-state index contributed by atoms with van der Waals surface area (Å²) in [5.74, 6) is 1.09. The lowest BCUT2D eigenvalue weighted by Gasteiger charge is -2.13. The lowest BCUT2D eigenvalue weighted by atomic mass is 9.96. The van der Waals surface area contributed by atoms with Crippen LogP contribution in [0.5, 0.6) is 0 Å². The van der Waals surface area contributed by atoms with E-state index in [0.717, 1.165) is 40.8 Å². The van der Waals surface area contributed by atoms with E-state index >= 15 is 0 Å². The lowest BCUT2D eigenvalue weighted by molar-refractivity contribution is 0.669. The maximum absolute atomic E-state index is 13.5. The molecule has 0 unspecified atom stereocenters. The molecule has 0 bridgehead atoms. The number of nitrogens with one attached hydrogen (secondary N) is 1. The van der Waals surface area contributed by atoms with E-state index in [1.807, 2.05) is 48.0 Å². The van der Waals surface area contributed by atoms with Crippen molar-refractivity contribution in [3.05, 3.63) is 77.0 Å². The molecule has 0 saturated carbocycles. The van der Waals surface area contributed by atoms with Crippen LogP contribution in [0.2, 0.25) is 0 Å². The number of benzene rings is 1. The van der Waals surface area contributed by atoms with E-state index < -0.39 is 0 Å². The first-order valence-electron chi connectivity index (χ1n) is 11.2. The number of hydrogen-bond donors (Lipinski definition) is 1. The normalized spacial score (nSPS) is 11.2. The number of aryl methyl sites for hydroxylation is 2. The third kappa shape index (κ3) is 3.81. The molecule has 4 heterocycles. The first kappa shape index (κ1) is 21.4. The summed E-state index contributed by atoms with van der Waals surface area (Å²) in [5.41, 5.74) is 4.47. The Bertz CT molecular complexity index is 1460. The molecule has 1 aromatic carbocycles. The number of imidazole rings is 1. The first-order valence-corrected chi connectivity index (χ1v) is 11.2. The van der Waals surface area contributed by atoms with Gasteiger partial charge in [-0.25, -0.2) is 14.5 Å². The van der Waals surface area contributed by atoms with Crippen LogP contribution in [0.1, 0.15) is 31.5 Å². The van der Waals surface area contributed by atoms with Crippen molar-refractivity contribution >= 4 is 0 Å². The third-order valence-corrected chi connectivity index (χ3v) is 5.77. The molecule has 5 rings (SSSR count). The average molecular weight is 457 g/mol.